The molecule has 0 radical (unpaired) electrons. The second kappa shape index (κ2) is 5.32. The molecular formula is C17H23NO3S. The van der Waals surface area contributed by atoms with Gasteiger partial charge in [0.25, 0.3) is 0 Å². The lowest BCUT2D eigenvalue weighted by Crippen LogP contribution is -2.39. The zero-order valence-electron chi connectivity index (χ0n) is 12.9. The van der Waals surface area contributed by atoms with E-state index in [4.69, 9.17) is 4.74 Å². The smallest absolute Gasteiger partial charge is 0.217 e. The zero-order valence-corrected chi connectivity index (χ0v) is 13.7. The molecule has 1 N–H and O–H groups in total. The fourth-order valence-electron chi connectivity index (χ4n) is 4.50. The van der Waals surface area contributed by atoms with Gasteiger partial charge in [0.05, 0.1) is 6.10 Å². The summed E-state index contributed by atoms with van der Waals surface area (Å²) in [6, 6.07) is 6.32. The third-order valence-electron chi connectivity index (χ3n) is 5.54. The van der Waals surface area contributed by atoms with Gasteiger partial charge in [-0.2, -0.15) is 0 Å². The van der Waals surface area contributed by atoms with Crippen LogP contribution in [0.1, 0.15) is 61.3 Å². The number of rotatable bonds is 3. The Kier molecular flexibility index (Phi) is 3.55. The molecule has 1 heterocycles. The van der Waals surface area contributed by atoms with Gasteiger partial charge in [0, 0.05) is 12.6 Å². The monoisotopic (exact) mass is 321 g/mol. The Hall–Kier alpha value is -0.910. The van der Waals surface area contributed by atoms with Gasteiger partial charge in [-0.1, -0.05) is 18.2 Å². The second-order valence-electron chi connectivity index (χ2n) is 6.86. The van der Waals surface area contributed by atoms with Crippen molar-refractivity contribution in [2.45, 2.75) is 62.3 Å². The Morgan fingerprint density at radius 1 is 1.27 bits per heavy atom. The lowest BCUT2D eigenvalue weighted by molar-refractivity contribution is 0.126. The first kappa shape index (κ1) is 14.7. The van der Waals surface area contributed by atoms with Crippen molar-refractivity contribution in [2.24, 2.45) is 0 Å². The van der Waals surface area contributed by atoms with Crippen LogP contribution in [0.15, 0.2) is 18.2 Å². The highest BCUT2D eigenvalue weighted by atomic mass is 32.2. The van der Waals surface area contributed by atoms with Crippen LogP contribution in [0.5, 0.6) is 0 Å². The minimum atomic E-state index is -3.33. The van der Waals surface area contributed by atoms with E-state index in [1.54, 1.807) is 0 Å². The Morgan fingerprint density at radius 2 is 2.14 bits per heavy atom. The second-order valence-corrected chi connectivity index (χ2v) is 8.79. The minimum absolute atomic E-state index is 0.0594. The number of hydrogen-bond donors (Lipinski definition) is 1. The van der Waals surface area contributed by atoms with Crippen molar-refractivity contribution in [1.82, 2.24) is 4.72 Å². The molecule has 0 bridgehead atoms. The summed E-state index contributed by atoms with van der Waals surface area (Å²) in [4.78, 5) is 0. The number of sulfonamides is 1. The van der Waals surface area contributed by atoms with E-state index in [2.05, 4.69) is 22.9 Å². The minimum Gasteiger partial charge on any atom is -0.377 e. The Balaban J connectivity index is 1.62. The van der Waals surface area contributed by atoms with Crippen LogP contribution in [-0.4, -0.2) is 26.4 Å². The first-order chi connectivity index (χ1) is 10.6. The van der Waals surface area contributed by atoms with E-state index in [1.165, 1.54) is 29.5 Å². The van der Waals surface area contributed by atoms with Crippen LogP contribution in [0.3, 0.4) is 0 Å². The predicted octanol–water partition coefficient (Wildman–Crippen LogP) is 2.65. The van der Waals surface area contributed by atoms with Crippen molar-refractivity contribution >= 4 is 10.0 Å². The molecule has 1 fully saturated rings. The largest absolute Gasteiger partial charge is 0.377 e. The van der Waals surface area contributed by atoms with Gasteiger partial charge in [-0.05, 0) is 61.6 Å². The van der Waals surface area contributed by atoms with Crippen LogP contribution in [-0.2, 0) is 21.2 Å². The van der Waals surface area contributed by atoms with Crippen LogP contribution in [0, 0.1) is 0 Å². The SMILES string of the molecule is C[C@@H]1OCC[C@@H]1S(=O)(=O)N[C@@H]1C[C@H]2CCCc3cccc1c32. The van der Waals surface area contributed by atoms with Crippen molar-refractivity contribution in [2.75, 3.05) is 6.61 Å². The Labute approximate surface area is 132 Å². The molecule has 22 heavy (non-hydrogen) atoms. The van der Waals surface area contributed by atoms with Crippen LogP contribution in [0.25, 0.3) is 0 Å². The molecule has 0 aromatic heterocycles. The molecule has 1 saturated heterocycles. The standard InChI is InChI=1S/C17H23NO3S/c1-11-16(8-9-21-11)22(19,20)18-15-10-13-6-2-4-12-5-3-7-14(15)17(12)13/h3,5,7,11,13,15-16,18H,2,4,6,8-10H2,1H3/t11-,13+,15+,16-/m0/s1. The Bertz CT molecular complexity index is 685. The molecule has 0 spiro atoms. The van der Waals surface area contributed by atoms with Crippen molar-refractivity contribution in [3.05, 3.63) is 34.9 Å². The number of ether oxygens (including phenoxy) is 1. The topological polar surface area (TPSA) is 55.4 Å². The van der Waals surface area contributed by atoms with Gasteiger partial charge in [-0.25, -0.2) is 13.1 Å². The van der Waals surface area contributed by atoms with E-state index < -0.39 is 15.3 Å². The molecule has 0 amide bonds. The fourth-order valence-corrected chi connectivity index (χ4v) is 6.28. The van der Waals surface area contributed by atoms with Gasteiger partial charge in [0.1, 0.15) is 5.25 Å². The number of aryl methyl sites for hydroxylation is 1. The molecular weight excluding hydrogens is 298 g/mol. The maximum absolute atomic E-state index is 12.7. The molecule has 4 atom stereocenters. The molecule has 120 valence electrons. The number of benzene rings is 1. The first-order valence-electron chi connectivity index (χ1n) is 8.30. The number of nitrogens with one attached hydrogen (secondary N) is 1. The summed E-state index contributed by atoms with van der Waals surface area (Å²) in [6.07, 6.45) is 4.83. The van der Waals surface area contributed by atoms with Gasteiger partial charge < -0.3 is 4.74 Å². The van der Waals surface area contributed by atoms with Gasteiger partial charge in [0.15, 0.2) is 0 Å². The number of hydrogen-bond acceptors (Lipinski definition) is 3. The van der Waals surface area contributed by atoms with E-state index in [0.29, 0.717) is 18.9 Å². The van der Waals surface area contributed by atoms with Crippen molar-refractivity contribution in [1.29, 1.82) is 0 Å². The highest BCUT2D eigenvalue weighted by Crippen LogP contribution is 2.47. The predicted molar refractivity (Wildman–Crippen MR) is 85.4 cm³/mol. The average Bonchev–Trinajstić information content (AvgIpc) is 3.06. The van der Waals surface area contributed by atoms with Gasteiger partial charge in [0.2, 0.25) is 10.0 Å². The molecule has 0 unspecified atom stereocenters. The third kappa shape index (κ3) is 2.30. The van der Waals surface area contributed by atoms with Crippen LogP contribution < -0.4 is 4.72 Å². The summed E-state index contributed by atoms with van der Waals surface area (Å²) in [7, 11) is -3.33. The van der Waals surface area contributed by atoms with Gasteiger partial charge in [-0.3, -0.25) is 0 Å². The summed E-state index contributed by atoms with van der Waals surface area (Å²) in [5.41, 5.74) is 4.06. The van der Waals surface area contributed by atoms with E-state index in [-0.39, 0.29) is 12.1 Å². The van der Waals surface area contributed by atoms with Crippen LogP contribution >= 0.6 is 0 Å². The molecule has 2 aliphatic carbocycles. The normalized spacial score (nSPS) is 33.9. The van der Waals surface area contributed by atoms with E-state index in [9.17, 15) is 8.42 Å². The summed E-state index contributed by atoms with van der Waals surface area (Å²) in [5.74, 6) is 0.532. The maximum Gasteiger partial charge on any atom is 0.217 e. The molecule has 5 heteroatoms. The summed E-state index contributed by atoms with van der Waals surface area (Å²) in [5, 5.41) is -0.414. The van der Waals surface area contributed by atoms with Crippen molar-refractivity contribution in [3.63, 3.8) is 0 Å². The lowest BCUT2D eigenvalue weighted by atomic mass is 9.84. The van der Waals surface area contributed by atoms with E-state index in [0.717, 1.165) is 12.8 Å². The first-order valence-corrected chi connectivity index (χ1v) is 9.85. The van der Waals surface area contributed by atoms with E-state index in [1.807, 2.05) is 6.92 Å². The van der Waals surface area contributed by atoms with Crippen LogP contribution in [0.2, 0.25) is 0 Å². The lowest BCUT2D eigenvalue weighted by Gasteiger charge is -2.20. The van der Waals surface area contributed by atoms with Gasteiger partial charge in [-0.15, -0.1) is 0 Å². The highest BCUT2D eigenvalue weighted by Gasteiger charge is 2.41. The quantitative estimate of drug-likeness (QED) is 0.931. The molecule has 1 aromatic rings. The zero-order chi connectivity index (χ0) is 15.3. The molecule has 0 saturated carbocycles. The molecule has 1 aromatic carbocycles. The van der Waals surface area contributed by atoms with Gasteiger partial charge >= 0.3 is 0 Å². The third-order valence-corrected chi connectivity index (χ3v) is 7.57. The van der Waals surface area contributed by atoms with Crippen LogP contribution in [0.4, 0.5) is 0 Å². The summed E-state index contributed by atoms with van der Waals surface area (Å²) < 4.78 is 33.9. The Morgan fingerprint density at radius 3 is 2.91 bits per heavy atom. The molecule has 4 rings (SSSR count). The summed E-state index contributed by atoms with van der Waals surface area (Å²) >= 11 is 0. The highest BCUT2D eigenvalue weighted by molar-refractivity contribution is 7.90. The fraction of sp³-hybridized carbons (Fsp3) is 0.647. The molecule has 3 aliphatic rings. The van der Waals surface area contributed by atoms with Crippen molar-refractivity contribution in [3.8, 4) is 0 Å². The average molecular weight is 321 g/mol. The van der Waals surface area contributed by atoms with Crippen molar-refractivity contribution < 1.29 is 13.2 Å². The summed E-state index contributed by atoms with van der Waals surface area (Å²) in [6.45, 7) is 2.40. The van der Waals surface area contributed by atoms with E-state index >= 15 is 0 Å². The maximum atomic E-state index is 12.7. The molecule has 4 nitrogen and oxygen atoms in total. The molecule has 1 aliphatic heterocycles.